The number of carboxylic acid groups (broad SMARTS) is 1. The number of hydrazone groups is 1. The normalized spacial score (nSPS) is 6.56. The van der Waals surface area contributed by atoms with Gasteiger partial charge in [0.05, 0.1) is 0 Å². The smallest absolute Gasteiger partial charge is 0.300 e. The van der Waals surface area contributed by atoms with Crippen molar-refractivity contribution in [1.82, 2.24) is 0 Å². The summed E-state index contributed by atoms with van der Waals surface area (Å²) in [7, 11) is 0. The zero-order valence-corrected chi connectivity index (χ0v) is 5.88. The van der Waals surface area contributed by atoms with Crippen LogP contribution in [0.5, 0.6) is 0 Å². The second-order valence-electron chi connectivity index (χ2n) is 1.60. The molecule has 0 aliphatic rings. The fraction of sp³-hybridized carbons (Fsp3) is 0.600. The summed E-state index contributed by atoms with van der Waals surface area (Å²) in [6.45, 7) is 4.78. The first kappa shape index (κ1) is 10.8. The third kappa shape index (κ3) is 192. The zero-order valence-electron chi connectivity index (χ0n) is 5.88. The van der Waals surface area contributed by atoms with Crippen molar-refractivity contribution in [3.8, 4) is 0 Å². The lowest BCUT2D eigenvalue weighted by Crippen LogP contribution is -1.86. The molecule has 0 rings (SSSR count). The van der Waals surface area contributed by atoms with Gasteiger partial charge >= 0.3 is 0 Å². The number of nitrogens with zero attached hydrogens (tertiary/aromatic N) is 1. The SMILES string of the molecule is CC(=O)O.CC(C)=NN. The summed E-state index contributed by atoms with van der Waals surface area (Å²) >= 11 is 0. The Morgan fingerprint density at radius 2 is 1.56 bits per heavy atom. The molecular formula is C5H12N2O2. The Balaban J connectivity index is 0. The van der Waals surface area contributed by atoms with Crippen LogP contribution in [0.15, 0.2) is 5.10 Å². The van der Waals surface area contributed by atoms with Gasteiger partial charge in [-0.25, -0.2) is 0 Å². The van der Waals surface area contributed by atoms with Crippen LogP contribution < -0.4 is 5.84 Å². The number of aliphatic carboxylic acids is 1. The van der Waals surface area contributed by atoms with E-state index in [2.05, 4.69) is 5.10 Å². The van der Waals surface area contributed by atoms with Gasteiger partial charge in [0.1, 0.15) is 0 Å². The second-order valence-corrected chi connectivity index (χ2v) is 1.60. The van der Waals surface area contributed by atoms with Crippen LogP contribution in [0, 0.1) is 0 Å². The molecule has 0 spiro atoms. The Hall–Kier alpha value is -1.06. The molecule has 0 radical (unpaired) electrons. The number of hydrogen-bond donors (Lipinski definition) is 2. The molecule has 0 aromatic rings. The molecule has 4 nitrogen and oxygen atoms in total. The maximum absolute atomic E-state index is 9.00. The predicted octanol–water partition coefficient (Wildman–Crippen LogP) is 0.432. The van der Waals surface area contributed by atoms with Gasteiger partial charge in [0.15, 0.2) is 0 Å². The van der Waals surface area contributed by atoms with Crippen LogP contribution >= 0.6 is 0 Å². The molecular weight excluding hydrogens is 120 g/mol. The van der Waals surface area contributed by atoms with E-state index in [1.165, 1.54) is 0 Å². The summed E-state index contributed by atoms with van der Waals surface area (Å²) in [6, 6.07) is 0. The van der Waals surface area contributed by atoms with Crippen molar-refractivity contribution < 1.29 is 9.90 Å². The van der Waals surface area contributed by atoms with Crippen molar-refractivity contribution >= 4 is 11.7 Å². The van der Waals surface area contributed by atoms with E-state index in [0.29, 0.717) is 0 Å². The molecule has 0 aliphatic carbocycles. The highest BCUT2D eigenvalue weighted by Crippen LogP contribution is 1.59. The van der Waals surface area contributed by atoms with Gasteiger partial charge < -0.3 is 10.9 Å². The molecule has 0 heterocycles. The summed E-state index contributed by atoms with van der Waals surface area (Å²) in [4.78, 5) is 9.00. The van der Waals surface area contributed by atoms with Crippen LogP contribution in [0.25, 0.3) is 0 Å². The first-order chi connectivity index (χ1) is 4.00. The highest BCUT2D eigenvalue weighted by atomic mass is 16.4. The summed E-state index contributed by atoms with van der Waals surface area (Å²) in [5.74, 6) is 3.93. The largest absolute Gasteiger partial charge is 0.481 e. The minimum atomic E-state index is -0.833. The Labute approximate surface area is 54.4 Å². The van der Waals surface area contributed by atoms with E-state index in [-0.39, 0.29) is 0 Å². The van der Waals surface area contributed by atoms with Gasteiger partial charge in [-0.3, -0.25) is 4.79 Å². The van der Waals surface area contributed by atoms with Gasteiger partial charge in [-0.2, -0.15) is 5.10 Å². The molecule has 0 bridgehead atoms. The van der Waals surface area contributed by atoms with Crippen molar-refractivity contribution in [2.24, 2.45) is 10.9 Å². The van der Waals surface area contributed by atoms with Gasteiger partial charge in [0.25, 0.3) is 5.97 Å². The minimum absolute atomic E-state index is 0.833. The molecule has 0 saturated carbocycles. The van der Waals surface area contributed by atoms with E-state index in [1.807, 2.05) is 13.8 Å². The fourth-order valence-electron chi connectivity index (χ4n) is 0. The molecule has 0 atom stereocenters. The molecule has 0 aliphatic heterocycles. The maximum Gasteiger partial charge on any atom is 0.300 e. The van der Waals surface area contributed by atoms with Crippen molar-refractivity contribution in [3.05, 3.63) is 0 Å². The van der Waals surface area contributed by atoms with Gasteiger partial charge in [0, 0.05) is 12.6 Å². The summed E-state index contributed by atoms with van der Waals surface area (Å²) in [5.41, 5.74) is 0.907. The molecule has 0 aromatic heterocycles. The lowest BCUT2D eigenvalue weighted by Gasteiger charge is -1.74. The van der Waals surface area contributed by atoms with Crippen LogP contribution in [-0.4, -0.2) is 16.8 Å². The number of rotatable bonds is 0. The Morgan fingerprint density at radius 1 is 1.44 bits per heavy atom. The van der Waals surface area contributed by atoms with E-state index < -0.39 is 5.97 Å². The third-order valence-electron chi connectivity index (χ3n) is 0.258. The van der Waals surface area contributed by atoms with Crippen LogP contribution in [0.3, 0.4) is 0 Å². The summed E-state index contributed by atoms with van der Waals surface area (Å²) in [5, 5.41) is 10.7. The Morgan fingerprint density at radius 3 is 1.56 bits per heavy atom. The molecule has 9 heavy (non-hydrogen) atoms. The predicted molar refractivity (Wildman–Crippen MR) is 36.3 cm³/mol. The second kappa shape index (κ2) is 6.94. The zero-order chi connectivity index (χ0) is 7.86. The summed E-state index contributed by atoms with van der Waals surface area (Å²) in [6.07, 6.45) is 0. The highest BCUT2D eigenvalue weighted by Gasteiger charge is 1.65. The van der Waals surface area contributed by atoms with Crippen LogP contribution in [0.4, 0.5) is 0 Å². The van der Waals surface area contributed by atoms with Gasteiger partial charge in [-0.15, -0.1) is 0 Å². The number of carboxylic acids is 1. The van der Waals surface area contributed by atoms with Gasteiger partial charge in [-0.05, 0) is 13.8 Å². The van der Waals surface area contributed by atoms with Crippen molar-refractivity contribution in [3.63, 3.8) is 0 Å². The molecule has 54 valence electrons. The van der Waals surface area contributed by atoms with Gasteiger partial charge in [-0.1, -0.05) is 0 Å². The summed E-state index contributed by atoms with van der Waals surface area (Å²) < 4.78 is 0. The molecule has 0 unspecified atom stereocenters. The standard InChI is InChI=1S/C3H8N2.C2H4O2/c1-3(2)5-4;1-2(3)4/h4H2,1-2H3;1H3,(H,3,4). The van der Waals surface area contributed by atoms with Crippen molar-refractivity contribution in [1.29, 1.82) is 0 Å². The van der Waals surface area contributed by atoms with Crippen LogP contribution in [-0.2, 0) is 4.79 Å². The number of nitrogens with two attached hydrogens (primary N) is 1. The fourth-order valence-corrected chi connectivity index (χ4v) is 0. The quantitative estimate of drug-likeness (QED) is 0.285. The topological polar surface area (TPSA) is 75.7 Å². The van der Waals surface area contributed by atoms with Crippen LogP contribution in [0.1, 0.15) is 20.8 Å². The van der Waals surface area contributed by atoms with Crippen LogP contribution in [0.2, 0.25) is 0 Å². The van der Waals surface area contributed by atoms with Gasteiger partial charge in [0.2, 0.25) is 0 Å². The molecule has 0 fully saturated rings. The minimum Gasteiger partial charge on any atom is -0.481 e. The third-order valence-corrected chi connectivity index (χ3v) is 0.258. The Bertz CT molecular complexity index is 102. The monoisotopic (exact) mass is 132 g/mol. The van der Waals surface area contributed by atoms with E-state index in [4.69, 9.17) is 15.7 Å². The van der Waals surface area contributed by atoms with E-state index in [1.54, 1.807) is 0 Å². The van der Waals surface area contributed by atoms with Crippen molar-refractivity contribution in [2.75, 3.05) is 0 Å². The maximum atomic E-state index is 9.00. The average Bonchev–Trinajstić information content (AvgIpc) is 1.65. The number of carbonyl (C=O) groups is 1. The lowest BCUT2D eigenvalue weighted by molar-refractivity contribution is -0.134. The molecule has 0 amide bonds. The average molecular weight is 132 g/mol. The molecule has 3 N–H and O–H groups in total. The van der Waals surface area contributed by atoms with E-state index in [9.17, 15) is 0 Å². The first-order valence-corrected chi connectivity index (χ1v) is 2.41. The lowest BCUT2D eigenvalue weighted by atomic mass is 10.5. The number of hydrogen-bond acceptors (Lipinski definition) is 3. The van der Waals surface area contributed by atoms with E-state index in [0.717, 1.165) is 12.6 Å². The Kier molecular flexibility index (Phi) is 8.36. The molecule has 0 saturated heterocycles. The molecule has 0 aromatic carbocycles. The molecule has 4 heteroatoms. The van der Waals surface area contributed by atoms with E-state index >= 15 is 0 Å². The van der Waals surface area contributed by atoms with Crippen molar-refractivity contribution in [2.45, 2.75) is 20.8 Å². The first-order valence-electron chi connectivity index (χ1n) is 2.41. The highest BCUT2D eigenvalue weighted by molar-refractivity contribution is 5.78.